The van der Waals surface area contributed by atoms with Crippen molar-refractivity contribution in [2.24, 2.45) is 0 Å². The monoisotopic (exact) mass is 412 g/mol. The van der Waals surface area contributed by atoms with E-state index in [9.17, 15) is 12.8 Å². The molecule has 0 unspecified atom stereocenters. The first kappa shape index (κ1) is 18.6. The number of thiazole rings is 1. The van der Waals surface area contributed by atoms with E-state index in [1.807, 2.05) is 43.3 Å². The number of sulfonamides is 1. The van der Waals surface area contributed by atoms with Crippen molar-refractivity contribution in [2.75, 3.05) is 4.72 Å². The lowest BCUT2D eigenvalue weighted by Gasteiger charge is -2.11. The number of halogens is 1. The average Bonchev–Trinajstić information content (AvgIpc) is 3.07. The molecule has 0 saturated heterocycles. The van der Waals surface area contributed by atoms with Crippen LogP contribution in [-0.2, 0) is 15.8 Å². The number of fused-ring (bicyclic) bond motifs is 1. The maximum absolute atomic E-state index is 13.3. The number of nitrogens with one attached hydrogen (secondary N) is 1. The van der Waals surface area contributed by atoms with Crippen LogP contribution in [0.2, 0.25) is 0 Å². The van der Waals surface area contributed by atoms with Crippen molar-refractivity contribution in [3.05, 3.63) is 83.7 Å². The highest BCUT2D eigenvalue weighted by atomic mass is 32.2. The number of nitrogens with zero attached hydrogens (tertiary/aromatic N) is 1. The summed E-state index contributed by atoms with van der Waals surface area (Å²) < 4.78 is 41.9. The Bertz CT molecular complexity index is 1230. The SMILES string of the molecule is Cc1cc(-c2nc3ccccc3s2)ccc1NS(=O)(=O)Cc1cccc(F)c1. The molecule has 3 aromatic carbocycles. The molecule has 0 amide bonds. The summed E-state index contributed by atoms with van der Waals surface area (Å²) in [5.74, 6) is -0.742. The summed E-state index contributed by atoms with van der Waals surface area (Å²) in [5.41, 5.74) is 3.57. The van der Waals surface area contributed by atoms with Crippen molar-refractivity contribution in [1.29, 1.82) is 0 Å². The van der Waals surface area contributed by atoms with Gasteiger partial charge in [0.25, 0.3) is 0 Å². The van der Waals surface area contributed by atoms with Gasteiger partial charge in [0.1, 0.15) is 10.8 Å². The highest BCUT2D eigenvalue weighted by molar-refractivity contribution is 7.91. The largest absolute Gasteiger partial charge is 0.283 e. The number of hydrogen-bond donors (Lipinski definition) is 1. The van der Waals surface area contributed by atoms with Gasteiger partial charge in [-0.25, -0.2) is 17.8 Å². The fourth-order valence-electron chi connectivity index (χ4n) is 2.96. The third kappa shape index (κ3) is 4.05. The molecule has 0 bridgehead atoms. The van der Waals surface area contributed by atoms with Gasteiger partial charge in [-0.15, -0.1) is 11.3 Å². The molecule has 0 aliphatic carbocycles. The minimum atomic E-state index is -3.65. The van der Waals surface area contributed by atoms with E-state index in [-0.39, 0.29) is 5.75 Å². The van der Waals surface area contributed by atoms with Gasteiger partial charge < -0.3 is 0 Å². The molecule has 0 aliphatic rings. The van der Waals surface area contributed by atoms with Gasteiger partial charge in [0, 0.05) is 5.56 Å². The molecular weight excluding hydrogens is 395 g/mol. The molecule has 0 atom stereocenters. The normalized spacial score (nSPS) is 11.6. The highest BCUT2D eigenvalue weighted by Gasteiger charge is 2.15. The molecule has 4 rings (SSSR count). The number of hydrogen-bond acceptors (Lipinski definition) is 4. The van der Waals surface area contributed by atoms with Gasteiger partial charge in [-0.05, 0) is 60.5 Å². The molecule has 7 heteroatoms. The quantitative estimate of drug-likeness (QED) is 0.480. The smallest absolute Gasteiger partial charge is 0.236 e. The second-order valence-corrected chi connectivity index (χ2v) is 9.26. The van der Waals surface area contributed by atoms with Gasteiger partial charge in [-0.3, -0.25) is 4.72 Å². The van der Waals surface area contributed by atoms with Crippen molar-refractivity contribution in [1.82, 2.24) is 4.98 Å². The van der Waals surface area contributed by atoms with Crippen molar-refractivity contribution in [2.45, 2.75) is 12.7 Å². The number of para-hydroxylation sites is 1. The molecule has 28 heavy (non-hydrogen) atoms. The molecule has 0 spiro atoms. The molecule has 0 radical (unpaired) electrons. The summed E-state index contributed by atoms with van der Waals surface area (Å²) in [6.07, 6.45) is 0. The van der Waals surface area contributed by atoms with Crippen LogP contribution < -0.4 is 4.72 Å². The van der Waals surface area contributed by atoms with E-state index in [2.05, 4.69) is 9.71 Å². The summed E-state index contributed by atoms with van der Waals surface area (Å²) in [7, 11) is -3.65. The van der Waals surface area contributed by atoms with E-state index >= 15 is 0 Å². The minimum absolute atomic E-state index is 0.288. The van der Waals surface area contributed by atoms with Crippen LogP contribution in [0.15, 0.2) is 66.7 Å². The van der Waals surface area contributed by atoms with Crippen molar-refractivity contribution >= 4 is 37.3 Å². The van der Waals surface area contributed by atoms with E-state index < -0.39 is 15.8 Å². The lowest BCUT2D eigenvalue weighted by molar-refractivity contribution is 0.599. The molecule has 1 aromatic heterocycles. The third-order valence-corrected chi connectivity index (χ3v) is 6.61. The van der Waals surface area contributed by atoms with Gasteiger partial charge >= 0.3 is 0 Å². The van der Waals surface area contributed by atoms with Crippen LogP contribution >= 0.6 is 11.3 Å². The fourth-order valence-corrected chi connectivity index (χ4v) is 5.17. The molecule has 1 heterocycles. The molecule has 0 aliphatic heterocycles. The Labute approximate surface area is 166 Å². The van der Waals surface area contributed by atoms with Crippen molar-refractivity contribution < 1.29 is 12.8 Å². The van der Waals surface area contributed by atoms with E-state index in [1.165, 1.54) is 18.2 Å². The Morgan fingerprint density at radius 1 is 1.04 bits per heavy atom. The van der Waals surface area contributed by atoms with Crippen LogP contribution in [0.4, 0.5) is 10.1 Å². The van der Waals surface area contributed by atoms with Gasteiger partial charge in [-0.2, -0.15) is 0 Å². The Hall–Kier alpha value is -2.77. The van der Waals surface area contributed by atoms with Gasteiger partial charge in [-0.1, -0.05) is 24.3 Å². The Morgan fingerprint density at radius 2 is 1.86 bits per heavy atom. The van der Waals surface area contributed by atoms with E-state index in [4.69, 9.17) is 0 Å². The Morgan fingerprint density at radius 3 is 2.61 bits per heavy atom. The highest BCUT2D eigenvalue weighted by Crippen LogP contribution is 2.32. The van der Waals surface area contributed by atoms with Crippen LogP contribution in [0, 0.1) is 12.7 Å². The lowest BCUT2D eigenvalue weighted by atomic mass is 10.1. The topological polar surface area (TPSA) is 59.1 Å². The zero-order valence-electron chi connectivity index (χ0n) is 15.0. The molecular formula is C21H17FN2O2S2. The summed E-state index contributed by atoms with van der Waals surface area (Å²) in [4.78, 5) is 4.64. The zero-order chi connectivity index (χ0) is 19.7. The number of aromatic nitrogens is 1. The summed E-state index contributed by atoms with van der Waals surface area (Å²) >= 11 is 1.60. The molecule has 142 valence electrons. The standard InChI is InChI=1S/C21H17FN2O2S2/c1-14-11-16(21-23-19-7-2-3-8-20(19)27-21)9-10-18(14)24-28(25,26)13-15-5-4-6-17(22)12-15/h2-12,24H,13H2,1H3. The Kier molecular flexibility index (Phi) is 4.87. The number of anilines is 1. The fraction of sp³-hybridized carbons (Fsp3) is 0.0952. The van der Waals surface area contributed by atoms with E-state index in [1.54, 1.807) is 23.5 Å². The maximum Gasteiger partial charge on any atom is 0.236 e. The van der Waals surface area contributed by atoms with Crippen molar-refractivity contribution in [3.63, 3.8) is 0 Å². The first-order valence-electron chi connectivity index (χ1n) is 8.61. The third-order valence-electron chi connectivity index (χ3n) is 4.28. The predicted molar refractivity (Wildman–Crippen MR) is 112 cm³/mol. The van der Waals surface area contributed by atoms with E-state index in [0.717, 1.165) is 26.4 Å². The number of aryl methyl sites for hydroxylation is 1. The second-order valence-electron chi connectivity index (χ2n) is 6.51. The van der Waals surface area contributed by atoms with Crippen LogP contribution in [0.25, 0.3) is 20.8 Å². The van der Waals surface area contributed by atoms with E-state index in [0.29, 0.717) is 11.3 Å². The predicted octanol–water partition coefficient (Wildman–Crippen LogP) is 5.35. The molecule has 0 fully saturated rings. The molecule has 0 saturated carbocycles. The minimum Gasteiger partial charge on any atom is -0.283 e. The van der Waals surface area contributed by atoms with Crippen LogP contribution in [0.5, 0.6) is 0 Å². The van der Waals surface area contributed by atoms with Gasteiger partial charge in [0.15, 0.2) is 0 Å². The van der Waals surface area contributed by atoms with Crippen LogP contribution in [0.1, 0.15) is 11.1 Å². The molecule has 4 aromatic rings. The van der Waals surface area contributed by atoms with Crippen molar-refractivity contribution in [3.8, 4) is 10.6 Å². The maximum atomic E-state index is 13.3. The van der Waals surface area contributed by atoms with Gasteiger partial charge in [0.2, 0.25) is 10.0 Å². The molecule has 1 N–H and O–H groups in total. The summed E-state index contributed by atoms with van der Waals surface area (Å²) in [5, 5.41) is 0.887. The first-order chi connectivity index (χ1) is 13.4. The second kappa shape index (κ2) is 7.33. The summed E-state index contributed by atoms with van der Waals surface area (Å²) in [6, 6.07) is 19.0. The van der Waals surface area contributed by atoms with Crippen LogP contribution in [0.3, 0.4) is 0 Å². The van der Waals surface area contributed by atoms with Gasteiger partial charge in [0.05, 0.1) is 21.7 Å². The number of benzene rings is 3. The lowest BCUT2D eigenvalue weighted by Crippen LogP contribution is -2.15. The Balaban J connectivity index is 1.57. The zero-order valence-corrected chi connectivity index (χ0v) is 16.6. The molecule has 4 nitrogen and oxygen atoms in total. The number of rotatable bonds is 5. The first-order valence-corrected chi connectivity index (χ1v) is 11.1. The summed E-state index contributed by atoms with van der Waals surface area (Å²) in [6.45, 7) is 1.84. The average molecular weight is 413 g/mol. The van der Waals surface area contributed by atoms with Crippen LogP contribution in [-0.4, -0.2) is 13.4 Å².